The second kappa shape index (κ2) is 4.16. The van der Waals surface area contributed by atoms with Gasteiger partial charge in [-0.3, -0.25) is 9.36 Å². The van der Waals surface area contributed by atoms with E-state index in [9.17, 15) is 4.79 Å². The minimum Gasteiger partial charge on any atom is -0.304 e. The summed E-state index contributed by atoms with van der Waals surface area (Å²) in [4.78, 5) is 15.7. The first-order valence-corrected chi connectivity index (χ1v) is 4.83. The Balaban J connectivity index is 2.61. The van der Waals surface area contributed by atoms with Gasteiger partial charge in [-0.1, -0.05) is 12.1 Å². The van der Waals surface area contributed by atoms with Gasteiger partial charge in [-0.2, -0.15) is 0 Å². The van der Waals surface area contributed by atoms with Gasteiger partial charge in [0.05, 0.1) is 0 Å². The first-order chi connectivity index (χ1) is 7.72. The van der Waals surface area contributed by atoms with Gasteiger partial charge in [0.25, 0.3) is 5.56 Å². The minimum absolute atomic E-state index is 0.129. The number of hydrogen-bond donors (Lipinski definition) is 2. The molecule has 0 spiro atoms. The van der Waals surface area contributed by atoms with Gasteiger partial charge in [0.1, 0.15) is 0 Å². The van der Waals surface area contributed by atoms with Crippen molar-refractivity contribution in [1.29, 1.82) is 0 Å². The highest BCUT2D eigenvalue weighted by molar-refractivity contribution is 5.39. The van der Waals surface area contributed by atoms with Crippen molar-refractivity contribution >= 4 is 5.82 Å². The van der Waals surface area contributed by atoms with Crippen LogP contribution >= 0.6 is 0 Å². The maximum absolute atomic E-state index is 11.9. The van der Waals surface area contributed by atoms with Gasteiger partial charge >= 0.3 is 0 Å². The topological polar surface area (TPSA) is 72.9 Å². The van der Waals surface area contributed by atoms with Crippen molar-refractivity contribution in [2.75, 3.05) is 5.43 Å². The molecule has 0 radical (unpaired) electrons. The summed E-state index contributed by atoms with van der Waals surface area (Å²) < 4.78 is 1.50. The minimum atomic E-state index is -0.268. The van der Waals surface area contributed by atoms with E-state index >= 15 is 0 Å². The van der Waals surface area contributed by atoms with Crippen molar-refractivity contribution in [1.82, 2.24) is 9.55 Å². The second-order valence-corrected chi connectivity index (χ2v) is 3.43. The number of nitrogens with zero attached hydrogens (tertiary/aromatic N) is 2. The molecule has 0 amide bonds. The summed E-state index contributed by atoms with van der Waals surface area (Å²) in [5.41, 5.74) is 3.89. The molecular weight excluding hydrogens is 204 g/mol. The molecular formula is C11H12N4O. The number of rotatable bonds is 2. The molecule has 0 saturated heterocycles. The molecule has 82 valence electrons. The number of aryl methyl sites for hydroxylation is 1. The Kier molecular flexibility index (Phi) is 2.70. The SMILES string of the molecule is Cc1cccc(-n2ccnc(NN)c2=O)c1. The quantitative estimate of drug-likeness (QED) is 0.576. The van der Waals surface area contributed by atoms with Gasteiger partial charge in [0.15, 0.2) is 0 Å². The molecule has 2 aromatic rings. The molecule has 16 heavy (non-hydrogen) atoms. The molecule has 5 heteroatoms. The molecule has 2 rings (SSSR count). The third-order valence-electron chi connectivity index (χ3n) is 2.26. The standard InChI is InChI=1S/C11H12N4O/c1-8-3-2-4-9(7-8)15-6-5-13-10(14-12)11(15)16/h2-7H,12H2,1H3,(H,13,14). The van der Waals surface area contributed by atoms with Crippen LogP contribution in [0.4, 0.5) is 5.82 Å². The van der Waals surface area contributed by atoms with Crippen LogP contribution in [0.5, 0.6) is 0 Å². The summed E-state index contributed by atoms with van der Waals surface area (Å²) >= 11 is 0. The highest BCUT2D eigenvalue weighted by Gasteiger charge is 2.04. The Bertz CT molecular complexity index is 562. The lowest BCUT2D eigenvalue weighted by molar-refractivity contribution is 0.951. The third kappa shape index (κ3) is 1.80. The lowest BCUT2D eigenvalue weighted by Crippen LogP contribution is -2.25. The molecule has 5 nitrogen and oxygen atoms in total. The molecule has 1 aromatic carbocycles. The number of nitrogens with two attached hydrogens (primary N) is 1. The molecule has 1 aromatic heterocycles. The van der Waals surface area contributed by atoms with E-state index in [1.54, 1.807) is 6.20 Å². The van der Waals surface area contributed by atoms with Crippen molar-refractivity contribution < 1.29 is 0 Å². The number of hydrogen-bond acceptors (Lipinski definition) is 4. The Morgan fingerprint density at radius 1 is 1.44 bits per heavy atom. The predicted octanol–water partition coefficient (Wildman–Crippen LogP) is 0.827. The van der Waals surface area contributed by atoms with Crippen molar-refractivity contribution in [2.45, 2.75) is 6.92 Å². The first kappa shape index (κ1) is 10.4. The van der Waals surface area contributed by atoms with Crippen LogP contribution in [0.15, 0.2) is 41.5 Å². The lowest BCUT2D eigenvalue weighted by Gasteiger charge is -2.07. The summed E-state index contributed by atoms with van der Waals surface area (Å²) in [5.74, 6) is 5.33. The zero-order valence-corrected chi connectivity index (χ0v) is 8.84. The van der Waals surface area contributed by atoms with Gasteiger partial charge < -0.3 is 5.43 Å². The number of benzene rings is 1. The zero-order chi connectivity index (χ0) is 11.5. The van der Waals surface area contributed by atoms with Gasteiger partial charge in [-0.05, 0) is 24.6 Å². The number of nitrogen functional groups attached to an aromatic ring is 1. The van der Waals surface area contributed by atoms with Crippen LogP contribution in [0, 0.1) is 6.92 Å². The predicted molar refractivity (Wildman–Crippen MR) is 62.4 cm³/mol. The average Bonchev–Trinajstić information content (AvgIpc) is 2.29. The lowest BCUT2D eigenvalue weighted by atomic mass is 10.2. The molecule has 0 atom stereocenters. The molecule has 0 aliphatic rings. The second-order valence-electron chi connectivity index (χ2n) is 3.43. The van der Waals surface area contributed by atoms with E-state index in [2.05, 4.69) is 10.4 Å². The fraction of sp³-hybridized carbons (Fsp3) is 0.0909. The van der Waals surface area contributed by atoms with E-state index in [-0.39, 0.29) is 11.4 Å². The third-order valence-corrected chi connectivity index (χ3v) is 2.26. The Labute approximate surface area is 92.5 Å². The zero-order valence-electron chi connectivity index (χ0n) is 8.84. The van der Waals surface area contributed by atoms with Gasteiger partial charge in [0, 0.05) is 18.1 Å². The summed E-state index contributed by atoms with van der Waals surface area (Å²) in [6, 6.07) is 7.64. The van der Waals surface area contributed by atoms with Crippen LogP contribution in [-0.2, 0) is 0 Å². The molecule has 0 fully saturated rings. The molecule has 3 N–H and O–H groups in total. The van der Waals surface area contributed by atoms with Gasteiger partial charge in [-0.15, -0.1) is 0 Å². The normalized spacial score (nSPS) is 10.1. The van der Waals surface area contributed by atoms with E-state index in [1.807, 2.05) is 31.2 Å². The van der Waals surface area contributed by atoms with Crippen LogP contribution in [0.25, 0.3) is 5.69 Å². The van der Waals surface area contributed by atoms with Gasteiger partial charge in [-0.25, -0.2) is 10.8 Å². The van der Waals surface area contributed by atoms with E-state index in [0.29, 0.717) is 0 Å². The smallest absolute Gasteiger partial charge is 0.299 e. The number of anilines is 1. The number of hydrazine groups is 1. The van der Waals surface area contributed by atoms with Crippen LogP contribution < -0.4 is 16.8 Å². The van der Waals surface area contributed by atoms with Crippen LogP contribution in [0.3, 0.4) is 0 Å². The maximum Gasteiger partial charge on any atom is 0.299 e. The Morgan fingerprint density at radius 2 is 2.25 bits per heavy atom. The van der Waals surface area contributed by atoms with Crippen molar-refractivity contribution in [3.05, 3.63) is 52.6 Å². The number of nitrogens with one attached hydrogen (secondary N) is 1. The van der Waals surface area contributed by atoms with Crippen molar-refractivity contribution in [3.8, 4) is 5.69 Å². The maximum atomic E-state index is 11.9. The van der Waals surface area contributed by atoms with Crippen molar-refractivity contribution in [3.63, 3.8) is 0 Å². The molecule has 0 bridgehead atoms. The Morgan fingerprint density at radius 3 is 2.94 bits per heavy atom. The number of aromatic nitrogens is 2. The van der Waals surface area contributed by atoms with E-state index in [0.717, 1.165) is 11.3 Å². The highest BCUT2D eigenvalue weighted by atomic mass is 16.1. The molecule has 0 unspecified atom stereocenters. The fourth-order valence-electron chi connectivity index (χ4n) is 1.49. The van der Waals surface area contributed by atoms with E-state index in [1.165, 1.54) is 10.8 Å². The summed E-state index contributed by atoms with van der Waals surface area (Å²) in [6.07, 6.45) is 3.14. The molecule has 0 saturated carbocycles. The average molecular weight is 216 g/mol. The summed E-state index contributed by atoms with van der Waals surface area (Å²) in [7, 11) is 0. The van der Waals surface area contributed by atoms with Gasteiger partial charge in [0.2, 0.25) is 5.82 Å². The van der Waals surface area contributed by atoms with Crippen LogP contribution in [0.2, 0.25) is 0 Å². The largest absolute Gasteiger partial charge is 0.304 e. The van der Waals surface area contributed by atoms with Crippen molar-refractivity contribution in [2.24, 2.45) is 5.84 Å². The monoisotopic (exact) mass is 216 g/mol. The molecule has 0 aliphatic heterocycles. The summed E-state index contributed by atoms with van der Waals surface area (Å²) in [6.45, 7) is 1.97. The van der Waals surface area contributed by atoms with Crippen LogP contribution in [-0.4, -0.2) is 9.55 Å². The fourth-order valence-corrected chi connectivity index (χ4v) is 1.49. The highest BCUT2D eigenvalue weighted by Crippen LogP contribution is 2.07. The van der Waals surface area contributed by atoms with E-state index < -0.39 is 0 Å². The van der Waals surface area contributed by atoms with Crippen LogP contribution in [0.1, 0.15) is 5.56 Å². The molecule has 1 heterocycles. The first-order valence-electron chi connectivity index (χ1n) is 4.83. The summed E-state index contributed by atoms with van der Waals surface area (Å²) in [5, 5.41) is 0. The van der Waals surface area contributed by atoms with E-state index in [4.69, 9.17) is 5.84 Å². The molecule has 0 aliphatic carbocycles. The Hall–Kier alpha value is -2.14.